The minimum Gasteiger partial charge on any atom is -0.489 e. The standard InChI is InChI=1S/C26H23ClN2O2S/c1-16-12-17(2)23(18(3)13-16)15-31-22-10-4-19(5-11-22)14-24-25(30)29-26(32-24)28-21-8-6-20(27)7-9-21/h4-14H,15H2,1-3H3,(H,28,29,30)/b24-14-. The maximum absolute atomic E-state index is 12.3. The number of carbonyl (C=O) groups excluding carboxylic acids is 1. The van der Waals surface area contributed by atoms with Gasteiger partial charge in [0.2, 0.25) is 0 Å². The van der Waals surface area contributed by atoms with Crippen LogP contribution in [0.15, 0.2) is 70.6 Å². The van der Waals surface area contributed by atoms with Crippen LogP contribution in [-0.2, 0) is 11.4 Å². The molecular weight excluding hydrogens is 440 g/mol. The number of hydrogen-bond donors (Lipinski definition) is 1. The van der Waals surface area contributed by atoms with Crippen molar-refractivity contribution in [3.63, 3.8) is 0 Å². The molecule has 0 bridgehead atoms. The Morgan fingerprint density at radius 1 is 1.00 bits per heavy atom. The van der Waals surface area contributed by atoms with E-state index in [1.165, 1.54) is 34.0 Å². The van der Waals surface area contributed by atoms with Crippen LogP contribution in [-0.4, -0.2) is 11.1 Å². The van der Waals surface area contributed by atoms with Crippen LogP contribution in [0, 0.1) is 20.8 Å². The molecule has 1 amide bonds. The van der Waals surface area contributed by atoms with Crippen LogP contribution in [0.1, 0.15) is 27.8 Å². The van der Waals surface area contributed by atoms with Gasteiger partial charge in [0.1, 0.15) is 12.4 Å². The number of rotatable bonds is 5. The number of thioether (sulfide) groups is 1. The highest BCUT2D eigenvalue weighted by Crippen LogP contribution is 2.29. The zero-order valence-corrected chi connectivity index (χ0v) is 19.7. The fourth-order valence-corrected chi connectivity index (χ4v) is 4.49. The number of amides is 1. The van der Waals surface area contributed by atoms with Crippen molar-refractivity contribution >= 4 is 46.2 Å². The van der Waals surface area contributed by atoms with Crippen molar-refractivity contribution in [2.45, 2.75) is 27.4 Å². The number of benzene rings is 3. The summed E-state index contributed by atoms with van der Waals surface area (Å²) < 4.78 is 6.00. The lowest BCUT2D eigenvalue weighted by Crippen LogP contribution is -2.19. The van der Waals surface area contributed by atoms with E-state index in [4.69, 9.17) is 16.3 Å². The first kappa shape index (κ1) is 22.2. The van der Waals surface area contributed by atoms with Gasteiger partial charge in [0.15, 0.2) is 5.17 Å². The fraction of sp³-hybridized carbons (Fsp3) is 0.154. The van der Waals surface area contributed by atoms with Gasteiger partial charge in [-0.25, -0.2) is 4.99 Å². The van der Waals surface area contributed by atoms with Crippen LogP contribution in [0.4, 0.5) is 5.69 Å². The van der Waals surface area contributed by atoms with Crippen LogP contribution in [0.3, 0.4) is 0 Å². The van der Waals surface area contributed by atoms with E-state index in [0.29, 0.717) is 21.7 Å². The number of carbonyl (C=O) groups is 1. The Morgan fingerprint density at radius 2 is 1.66 bits per heavy atom. The minimum atomic E-state index is -0.159. The van der Waals surface area contributed by atoms with Crippen molar-refractivity contribution in [3.05, 3.63) is 98.4 Å². The van der Waals surface area contributed by atoms with Gasteiger partial charge in [0.25, 0.3) is 5.91 Å². The molecule has 1 aliphatic rings. The summed E-state index contributed by atoms with van der Waals surface area (Å²) >= 11 is 7.22. The van der Waals surface area contributed by atoms with Crippen molar-refractivity contribution in [2.75, 3.05) is 0 Å². The van der Waals surface area contributed by atoms with Crippen LogP contribution in [0.5, 0.6) is 5.75 Å². The lowest BCUT2D eigenvalue weighted by molar-refractivity contribution is -0.115. The number of nitrogens with zero attached hydrogens (tertiary/aromatic N) is 1. The van der Waals surface area contributed by atoms with Gasteiger partial charge in [-0.1, -0.05) is 41.4 Å². The Morgan fingerprint density at radius 3 is 2.31 bits per heavy atom. The highest BCUT2D eigenvalue weighted by Gasteiger charge is 2.23. The summed E-state index contributed by atoms with van der Waals surface area (Å²) in [7, 11) is 0. The molecule has 4 rings (SSSR count). The van der Waals surface area contributed by atoms with Gasteiger partial charge in [0, 0.05) is 5.02 Å². The molecule has 1 heterocycles. The quantitative estimate of drug-likeness (QED) is 0.427. The second-order valence-electron chi connectivity index (χ2n) is 7.69. The normalized spacial score (nSPS) is 15.9. The molecular formula is C26H23ClN2O2S. The molecule has 32 heavy (non-hydrogen) atoms. The summed E-state index contributed by atoms with van der Waals surface area (Å²) in [5.74, 6) is 0.633. The van der Waals surface area contributed by atoms with E-state index in [2.05, 4.69) is 43.2 Å². The van der Waals surface area contributed by atoms with Gasteiger partial charge in [-0.3, -0.25) is 4.79 Å². The second-order valence-corrected chi connectivity index (χ2v) is 9.16. The van der Waals surface area contributed by atoms with E-state index in [1.807, 2.05) is 42.5 Å². The van der Waals surface area contributed by atoms with Crippen molar-refractivity contribution in [1.82, 2.24) is 5.32 Å². The third kappa shape index (κ3) is 5.42. The van der Waals surface area contributed by atoms with Gasteiger partial charge in [-0.05, 0) is 97.3 Å². The predicted molar refractivity (Wildman–Crippen MR) is 134 cm³/mol. The van der Waals surface area contributed by atoms with Crippen LogP contribution in [0.25, 0.3) is 6.08 Å². The Kier molecular flexibility index (Phi) is 6.68. The van der Waals surface area contributed by atoms with E-state index in [1.54, 1.807) is 12.1 Å². The lowest BCUT2D eigenvalue weighted by atomic mass is 10.0. The van der Waals surface area contributed by atoms with Crippen molar-refractivity contribution in [3.8, 4) is 5.75 Å². The number of ether oxygens (including phenoxy) is 1. The number of amidine groups is 1. The largest absolute Gasteiger partial charge is 0.489 e. The summed E-state index contributed by atoms with van der Waals surface area (Å²) in [5, 5.41) is 4.00. The number of halogens is 1. The molecule has 0 atom stereocenters. The zero-order valence-electron chi connectivity index (χ0n) is 18.1. The molecule has 0 spiro atoms. The fourth-order valence-electron chi connectivity index (χ4n) is 3.52. The molecule has 0 unspecified atom stereocenters. The van der Waals surface area contributed by atoms with Gasteiger partial charge in [0.05, 0.1) is 10.6 Å². The van der Waals surface area contributed by atoms with Crippen LogP contribution >= 0.6 is 23.4 Å². The average Bonchev–Trinajstić information content (AvgIpc) is 3.08. The highest BCUT2D eigenvalue weighted by molar-refractivity contribution is 8.18. The van der Waals surface area contributed by atoms with Crippen LogP contribution in [0.2, 0.25) is 5.02 Å². The Hall–Kier alpha value is -3.02. The maximum atomic E-state index is 12.3. The smallest absolute Gasteiger partial charge is 0.264 e. The van der Waals surface area contributed by atoms with Crippen molar-refractivity contribution in [1.29, 1.82) is 0 Å². The van der Waals surface area contributed by atoms with Gasteiger partial charge < -0.3 is 10.1 Å². The van der Waals surface area contributed by atoms with Crippen molar-refractivity contribution in [2.24, 2.45) is 4.99 Å². The number of aliphatic imine (C=N–C) groups is 1. The van der Waals surface area contributed by atoms with E-state index in [-0.39, 0.29) is 5.91 Å². The molecule has 0 radical (unpaired) electrons. The Labute approximate surface area is 197 Å². The topological polar surface area (TPSA) is 50.7 Å². The third-order valence-corrected chi connectivity index (χ3v) is 6.27. The third-order valence-electron chi connectivity index (χ3n) is 5.11. The predicted octanol–water partition coefficient (Wildman–Crippen LogP) is 6.74. The zero-order chi connectivity index (χ0) is 22.7. The summed E-state index contributed by atoms with van der Waals surface area (Å²) in [6.45, 7) is 6.86. The van der Waals surface area contributed by atoms with Gasteiger partial charge >= 0.3 is 0 Å². The van der Waals surface area contributed by atoms with E-state index >= 15 is 0 Å². The van der Waals surface area contributed by atoms with Gasteiger partial charge in [-0.15, -0.1) is 0 Å². The number of hydrogen-bond acceptors (Lipinski definition) is 4. The molecule has 0 aromatic heterocycles. The van der Waals surface area contributed by atoms with E-state index in [0.717, 1.165) is 17.0 Å². The highest BCUT2D eigenvalue weighted by atomic mass is 35.5. The molecule has 1 saturated heterocycles. The lowest BCUT2D eigenvalue weighted by Gasteiger charge is -2.13. The summed E-state index contributed by atoms with van der Waals surface area (Å²) in [5.41, 5.74) is 6.61. The molecule has 3 aromatic carbocycles. The molecule has 1 N–H and O–H groups in total. The Balaban J connectivity index is 1.42. The van der Waals surface area contributed by atoms with Gasteiger partial charge in [-0.2, -0.15) is 0 Å². The van der Waals surface area contributed by atoms with E-state index < -0.39 is 0 Å². The monoisotopic (exact) mass is 462 g/mol. The molecule has 6 heteroatoms. The number of aryl methyl sites for hydroxylation is 3. The molecule has 3 aromatic rings. The maximum Gasteiger partial charge on any atom is 0.264 e. The van der Waals surface area contributed by atoms with Crippen molar-refractivity contribution < 1.29 is 9.53 Å². The first-order valence-electron chi connectivity index (χ1n) is 10.2. The summed E-state index contributed by atoms with van der Waals surface area (Å²) in [4.78, 5) is 17.4. The first-order valence-corrected chi connectivity index (χ1v) is 11.4. The minimum absolute atomic E-state index is 0.159. The second kappa shape index (κ2) is 9.63. The summed E-state index contributed by atoms with van der Waals surface area (Å²) in [6.07, 6.45) is 1.85. The molecule has 1 fully saturated rings. The summed E-state index contributed by atoms with van der Waals surface area (Å²) in [6, 6.07) is 19.2. The van der Waals surface area contributed by atoms with Crippen LogP contribution < -0.4 is 10.1 Å². The first-order chi connectivity index (χ1) is 15.4. The Bertz CT molecular complexity index is 1190. The average molecular weight is 463 g/mol. The SMILES string of the molecule is Cc1cc(C)c(COc2ccc(/C=C3\SC(=Nc4ccc(Cl)cc4)NC3=O)cc2)c(C)c1. The molecule has 0 aliphatic carbocycles. The molecule has 162 valence electrons. The van der Waals surface area contributed by atoms with E-state index in [9.17, 15) is 4.79 Å². The molecule has 1 aliphatic heterocycles. The number of nitrogens with one attached hydrogen (secondary N) is 1. The molecule has 4 nitrogen and oxygen atoms in total. The molecule has 0 saturated carbocycles.